The van der Waals surface area contributed by atoms with Gasteiger partial charge < -0.3 is 36.9 Å². The molecule has 30 heavy (non-hydrogen) atoms. The van der Waals surface area contributed by atoms with E-state index in [1.54, 1.807) is 0 Å². The van der Waals surface area contributed by atoms with Crippen LogP contribution in [0.15, 0.2) is 24.3 Å². The second kappa shape index (κ2) is 7.94. The van der Waals surface area contributed by atoms with E-state index in [2.05, 4.69) is 10.4 Å². The number of benzene rings is 2. The summed E-state index contributed by atoms with van der Waals surface area (Å²) in [4.78, 5) is 12.2. The van der Waals surface area contributed by atoms with Crippen molar-refractivity contribution in [3.63, 3.8) is 0 Å². The fraction of sp³-hybridized carbons (Fsp3) is 0.333. The summed E-state index contributed by atoms with van der Waals surface area (Å²) in [5.41, 5.74) is 15.0. The van der Waals surface area contributed by atoms with Crippen LogP contribution in [-0.2, 0) is 4.79 Å². The largest absolute Gasteiger partial charge is 0.508 e. The fourth-order valence-corrected chi connectivity index (χ4v) is 4.16. The average molecular weight is 411 g/mol. The minimum Gasteiger partial charge on any atom is -0.508 e. The number of phenols is 2. The Balaban J connectivity index is 2.05. The fourth-order valence-electron chi connectivity index (χ4n) is 4.16. The van der Waals surface area contributed by atoms with Crippen LogP contribution in [0.5, 0.6) is 11.5 Å². The Labute approximate surface area is 172 Å². The molecule has 2 aromatic carbocycles. The van der Waals surface area contributed by atoms with E-state index in [0.717, 1.165) is 23.8 Å². The Morgan fingerprint density at radius 3 is 2.67 bits per heavy atom. The summed E-state index contributed by atoms with van der Waals surface area (Å²) in [5.74, 6) is -1.01. The molecule has 3 aromatic rings. The van der Waals surface area contributed by atoms with Crippen molar-refractivity contribution < 1.29 is 20.1 Å². The highest BCUT2D eigenvalue weighted by Crippen LogP contribution is 2.49. The van der Waals surface area contributed by atoms with Crippen LogP contribution < -0.4 is 16.8 Å². The maximum absolute atomic E-state index is 12.2. The van der Waals surface area contributed by atoms with Crippen molar-refractivity contribution in [2.24, 2.45) is 11.5 Å². The van der Waals surface area contributed by atoms with Crippen LogP contribution in [0, 0.1) is 0 Å². The van der Waals surface area contributed by atoms with E-state index in [-0.39, 0.29) is 29.4 Å². The quantitative estimate of drug-likeness (QED) is 0.183. The molecule has 9 heteroatoms. The molecule has 0 spiro atoms. The molecule has 0 radical (unpaired) electrons. The summed E-state index contributed by atoms with van der Waals surface area (Å²) in [6, 6.07) is 5.92. The SMILES string of the molecule is NCCCNc1ccc2c(C(N)CCO)nn3c2c1C(C=O)c1c(O)ccc(O)c1-3. The zero-order valence-electron chi connectivity index (χ0n) is 16.4. The molecule has 158 valence electrons. The minimum absolute atomic E-state index is 0.0965. The number of hydrogen-bond acceptors (Lipinski definition) is 8. The van der Waals surface area contributed by atoms with E-state index in [0.29, 0.717) is 36.3 Å². The molecule has 2 atom stereocenters. The number of fused-ring (bicyclic) bond motifs is 2. The molecule has 8 N–H and O–H groups in total. The van der Waals surface area contributed by atoms with Crippen LogP contribution in [0.1, 0.15) is 41.6 Å². The summed E-state index contributed by atoms with van der Waals surface area (Å²) in [6.07, 6.45) is 1.82. The predicted molar refractivity (Wildman–Crippen MR) is 113 cm³/mol. The number of hydrogen-bond donors (Lipinski definition) is 6. The molecular formula is C21H25N5O4. The summed E-state index contributed by atoms with van der Waals surface area (Å²) < 4.78 is 1.54. The first-order valence-corrected chi connectivity index (χ1v) is 9.89. The van der Waals surface area contributed by atoms with E-state index < -0.39 is 12.0 Å². The van der Waals surface area contributed by atoms with Gasteiger partial charge >= 0.3 is 0 Å². The van der Waals surface area contributed by atoms with Gasteiger partial charge in [0.2, 0.25) is 0 Å². The van der Waals surface area contributed by atoms with Gasteiger partial charge in [-0.15, -0.1) is 0 Å². The number of aldehydes is 1. The normalized spacial score (nSPS) is 15.8. The van der Waals surface area contributed by atoms with Gasteiger partial charge in [0.15, 0.2) is 0 Å². The van der Waals surface area contributed by atoms with Crippen molar-refractivity contribution in [2.45, 2.75) is 24.8 Å². The van der Waals surface area contributed by atoms with Gasteiger partial charge in [0.05, 0.1) is 23.2 Å². The molecule has 0 saturated heterocycles. The number of aromatic hydroxyl groups is 2. The number of carbonyl (C=O) groups excluding carboxylic acids is 1. The van der Waals surface area contributed by atoms with E-state index in [1.165, 1.54) is 16.8 Å². The minimum atomic E-state index is -0.803. The highest BCUT2D eigenvalue weighted by Gasteiger charge is 2.36. The number of rotatable bonds is 8. The number of aromatic nitrogens is 2. The van der Waals surface area contributed by atoms with Crippen LogP contribution in [-0.4, -0.2) is 51.1 Å². The van der Waals surface area contributed by atoms with Crippen LogP contribution in [0.4, 0.5) is 5.69 Å². The lowest BCUT2D eigenvalue weighted by atomic mass is 9.85. The smallest absolute Gasteiger partial charge is 0.141 e. The lowest BCUT2D eigenvalue weighted by Gasteiger charge is -2.27. The van der Waals surface area contributed by atoms with Crippen molar-refractivity contribution >= 4 is 22.9 Å². The molecule has 2 unspecified atom stereocenters. The van der Waals surface area contributed by atoms with Gasteiger partial charge in [0.1, 0.15) is 23.5 Å². The number of carbonyl (C=O) groups is 1. The first-order valence-electron chi connectivity index (χ1n) is 9.89. The van der Waals surface area contributed by atoms with Crippen molar-refractivity contribution in [1.29, 1.82) is 0 Å². The third kappa shape index (κ3) is 2.98. The van der Waals surface area contributed by atoms with Gasteiger partial charge in [-0.1, -0.05) is 0 Å². The Morgan fingerprint density at radius 1 is 1.20 bits per heavy atom. The molecule has 4 rings (SSSR count). The summed E-state index contributed by atoms with van der Waals surface area (Å²) >= 11 is 0. The van der Waals surface area contributed by atoms with Crippen LogP contribution in [0.2, 0.25) is 0 Å². The van der Waals surface area contributed by atoms with Gasteiger partial charge in [-0.3, -0.25) is 0 Å². The van der Waals surface area contributed by atoms with Gasteiger partial charge in [0, 0.05) is 35.4 Å². The molecule has 0 aliphatic carbocycles. The number of aliphatic hydroxyl groups excluding tert-OH is 1. The van der Waals surface area contributed by atoms with Gasteiger partial charge in [-0.25, -0.2) is 4.68 Å². The monoisotopic (exact) mass is 411 g/mol. The van der Waals surface area contributed by atoms with Crippen molar-refractivity contribution in [3.05, 3.63) is 41.1 Å². The van der Waals surface area contributed by atoms with E-state index in [1.807, 2.05) is 12.1 Å². The second-order valence-corrected chi connectivity index (χ2v) is 7.39. The zero-order chi connectivity index (χ0) is 21.4. The lowest BCUT2D eigenvalue weighted by Crippen LogP contribution is -2.19. The van der Waals surface area contributed by atoms with Crippen molar-refractivity contribution in [1.82, 2.24) is 9.78 Å². The lowest BCUT2D eigenvalue weighted by molar-refractivity contribution is -0.108. The number of nitrogens with two attached hydrogens (primary N) is 2. The van der Waals surface area contributed by atoms with Gasteiger partial charge in [-0.05, 0) is 43.7 Å². The zero-order valence-corrected chi connectivity index (χ0v) is 16.4. The third-order valence-electron chi connectivity index (χ3n) is 5.54. The first-order chi connectivity index (χ1) is 14.5. The summed E-state index contributed by atoms with van der Waals surface area (Å²) in [5, 5.41) is 39.2. The number of nitrogens with zero attached hydrogens (tertiary/aromatic N) is 2. The van der Waals surface area contributed by atoms with Crippen LogP contribution >= 0.6 is 0 Å². The Hall–Kier alpha value is -3.14. The number of anilines is 1. The molecule has 2 heterocycles. The molecular weight excluding hydrogens is 386 g/mol. The first kappa shape index (κ1) is 20.1. The Kier molecular flexibility index (Phi) is 5.33. The maximum atomic E-state index is 12.2. The van der Waals surface area contributed by atoms with E-state index in [9.17, 15) is 20.1 Å². The maximum Gasteiger partial charge on any atom is 0.141 e. The standard InChI is InChI=1S/C21H25N5O4/c22-7-1-8-24-14-3-2-11-19(13(23)6-9-27)25-26-20(11)17(14)12(10-28)18-15(29)4-5-16(30)21(18)26/h2-5,10,12-13,24,27,29-30H,1,6-9,22-23H2. The highest BCUT2D eigenvalue weighted by molar-refractivity contribution is 5.98. The third-order valence-corrected chi connectivity index (χ3v) is 5.54. The van der Waals surface area contributed by atoms with Gasteiger partial charge in [-0.2, -0.15) is 5.10 Å². The van der Waals surface area contributed by atoms with E-state index in [4.69, 9.17) is 11.5 Å². The Bertz CT molecular complexity index is 1110. The summed E-state index contributed by atoms with van der Waals surface area (Å²) in [7, 11) is 0. The van der Waals surface area contributed by atoms with Crippen molar-refractivity contribution in [2.75, 3.05) is 25.0 Å². The highest BCUT2D eigenvalue weighted by atomic mass is 16.3. The van der Waals surface area contributed by atoms with E-state index >= 15 is 0 Å². The average Bonchev–Trinajstić information content (AvgIpc) is 3.12. The van der Waals surface area contributed by atoms with Crippen molar-refractivity contribution in [3.8, 4) is 17.2 Å². The number of aliphatic hydroxyl groups is 1. The molecule has 1 aliphatic rings. The van der Waals surface area contributed by atoms with Crippen LogP contribution in [0.25, 0.3) is 16.6 Å². The molecule has 1 aromatic heterocycles. The molecule has 9 nitrogen and oxygen atoms in total. The number of nitrogens with one attached hydrogen (secondary N) is 1. The molecule has 1 aliphatic heterocycles. The molecule has 0 amide bonds. The molecule has 0 saturated carbocycles. The Morgan fingerprint density at radius 2 is 1.97 bits per heavy atom. The summed E-state index contributed by atoms with van der Waals surface area (Å²) in [6.45, 7) is 1.04. The van der Waals surface area contributed by atoms with Crippen LogP contribution in [0.3, 0.4) is 0 Å². The second-order valence-electron chi connectivity index (χ2n) is 7.39. The van der Waals surface area contributed by atoms with Gasteiger partial charge in [0.25, 0.3) is 0 Å². The predicted octanol–water partition coefficient (Wildman–Crippen LogP) is 1.22. The number of phenolic OH excluding ortho intramolecular Hbond substituents is 2. The molecule has 0 bridgehead atoms. The topological polar surface area (TPSA) is 160 Å². The molecule has 0 fully saturated rings.